The van der Waals surface area contributed by atoms with Crippen molar-refractivity contribution in [1.82, 2.24) is 19.7 Å². The SMILES string of the molecule is CN(C)CCCOc1ccccc1-n1nc(-c2ccccc2)c2cccnc21. The van der Waals surface area contributed by atoms with Crippen molar-refractivity contribution < 1.29 is 4.74 Å². The monoisotopic (exact) mass is 372 g/mol. The molecule has 0 aliphatic carbocycles. The lowest BCUT2D eigenvalue weighted by molar-refractivity contribution is 0.281. The van der Waals surface area contributed by atoms with Crippen LogP contribution in [-0.2, 0) is 0 Å². The third-order valence-electron chi connectivity index (χ3n) is 4.59. The van der Waals surface area contributed by atoms with Gasteiger partial charge in [0, 0.05) is 23.7 Å². The minimum atomic E-state index is 0.660. The van der Waals surface area contributed by atoms with Crippen LogP contribution >= 0.6 is 0 Å². The van der Waals surface area contributed by atoms with Gasteiger partial charge in [0.05, 0.1) is 6.61 Å². The zero-order valence-electron chi connectivity index (χ0n) is 16.2. The number of hydrogen-bond acceptors (Lipinski definition) is 4. The van der Waals surface area contributed by atoms with Crippen molar-refractivity contribution in [3.8, 4) is 22.7 Å². The Morgan fingerprint density at radius 2 is 1.71 bits per heavy atom. The fraction of sp³-hybridized carbons (Fsp3) is 0.217. The van der Waals surface area contributed by atoms with Crippen molar-refractivity contribution in [1.29, 1.82) is 0 Å². The smallest absolute Gasteiger partial charge is 0.163 e. The highest BCUT2D eigenvalue weighted by molar-refractivity contribution is 5.92. The van der Waals surface area contributed by atoms with Crippen LogP contribution in [-0.4, -0.2) is 46.9 Å². The van der Waals surface area contributed by atoms with Gasteiger partial charge in [-0.05, 0) is 44.8 Å². The molecule has 4 rings (SSSR count). The van der Waals surface area contributed by atoms with Gasteiger partial charge in [0.25, 0.3) is 0 Å². The predicted octanol–water partition coefficient (Wildman–Crippen LogP) is 4.42. The van der Waals surface area contributed by atoms with Gasteiger partial charge in [-0.15, -0.1) is 0 Å². The largest absolute Gasteiger partial charge is 0.491 e. The van der Waals surface area contributed by atoms with Gasteiger partial charge in [0.15, 0.2) is 5.65 Å². The maximum Gasteiger partial charge on any atom is 0.163 e. The first kappa shape index (κ1) is 18.2. The zero-order chi connectivity index (χ0) is 19.3. The standard InChI is InChI=1S/C23H24N4O/c1-26(2)16-9-17-28-21-14-7-6-13-20(21)27-23-19(12-8-15-24-23)22(25-27)18-10-4-3-5-11-18/h3-8,10-15H,9,16-17H2,1-2H3. The Morgan fingerprint density at radius 3 is 2.54 bits per heavy atom. The number of aromatic nitrogens is 3. The van der Waals surface area contributed by atoms with E-state index in [1.165, 1.54) is 0 Å². The fourth-order valence-electron chi connectivity index (χ4n) is 3.25. The molecule has 0 saturated carbocycles. The van der Waals surface area contributed by atoms with Crippen molar-refractivity contribution >= 4 is 11.0 Å². The number of nitrogens with zero attached hydrogens (tertiary/aromatic N) is 4. The van der Waals surface area contributed by atoms with Crippen molar-refractivity contribution in [3.63, 3.8) is 0 Å². The van der Waals surface area contributed by atoms with E-state index in [0.29, 0.717) is 6.61 Å². The van der Waals surface area contributed by atoms with E-state index >= 15 is 0 Å². The van der Waals surface area contributed by atoms with Crippen LogP contribution in [0.25, 0.3) is 28.0 Å². The van der Waals surface area contributed by atoms with Crippen LogP contribution < -0.4 is 4.74 Å². The lowest BCUT2D eigenvalue weighted by Crippen LogP contribution is -2.15. The minimum absolute atomic E-state index is 0.660. The predicted molar refractivity (Wildman–Crippen MR) is 113 cm³/mol. The van der Waals surface area contributed by atoms with E-state index in [9.17, 15) is 0 Å². The molecule has 0 unspecified atom stereocenters. The summed E-state index contributed by atoms with van der Waals surface area (Å²) < 4.78 is 7.98. The molecular formula is C23H24N4O. The Labute approximate surface area is 165 Å². The fourth-order valence-corrected chi connectivity index (χ4v) is 3.25. The average Bonchev–Trinajstić information content (AvgIpc) is 3.12. The maximum absolute atomic E-state index is 6.09. The Kier molecular flexibility index (Phi) is 5.35. The van der Waals surface area contributed by atoms with Gasteiger partial charge >= 0.3 is 0 Å². The Bertz CT molecular complexity index is 1060. The molecule has 142 valence electrons. The van der Waals surface area contributed by atoms with Gasteiger partial charge in [-0.25, -0.2) is 9.67 Å². The molecule has 2 aromatic carbocycles. The molecule has 4 aromatic rings. The topological polar surface area (TPSA) is 43.2 Å². The summed E-state index contributed by atoms with van der Waals surface area (Å²) in [6, 6.07) is 22.2. The van der Waals surface area contributed by atoms with Crippen LogP contribution in [0.4, 0.5) is 0 Å². The Balaban J connectivity index is 1.74. The molecule has 0 aliphatic rings. The third-order valence-corrected chi connectivity index (χ3v) is 4.59. The second-order valence-corrected chi connectivity index (χ2v) is 6.97. The van der Waals surface area contributed by atoms with Crippen LogP contribution in [0.15, 0.2) is 72.9 Å². The normalized spacial score (nSPS) is 11.2. The molecule has 0 bridgehead atoms. The van der Waals surface area contributed by atoms with Gasteiger partial charge in [0.2, 0.25) is 0 Å². The van der Waals surface area contributed by atoms with Crippen molar-refractivity contribution in [2.24, 2.45) is 0 Å². The van der Waals surface area contributed by atoms with E-state index in [1.807, 2.05) is 53.2 Å². The second kappa shape index (κ2) is 8.23. The van der Waals surface area contributed by atoms with Crippen LogP contribution in [0.2, 0.25) is 0 Å². The molecule has 2 aromatic heterocycles. The number of para-hydroxylation sites is 2. The molecule has 0 aliphatic heterocycles. The Hall–Kier alpha value is -3.18. The molecule has 0 saturated heterocycles. The minimum Gasteiger partial charge on any atom is -0.491 e. The highest BCUT2D eigenvalue weighted by Gasteiger charge is 2.16. The van der Waals surface area contributed by atoms with Crippen LogP contribution in [0.1, 0.15) is 6.42 Å². The molecular weight excluding hydrogens is 348 g/mol. The molecule has 5 nitrogen and oxygen atoms in total. The quantitative estimate of drug-likeness (QED) is 0.451. The first-order valence-corrected chi connectivity index (χ1v) is 9.50. The number of pyridine rings is 1. The van der Waals surface area contributed by atoms with Crippen LogP contribution in [0.5, 0.6) is 5.75 Å². The summed E-state index contributed by atoms with van der Waals surface area (Å²) in [5, 5.41) is 5.94. The Morgan fingerprint density at radius 1 is 0.929 bits per heavy atom. The molecule has 0 N–H and O–H groups in total. The van der Waals surface area contributed by atoms with Gasteiger partial charge < -0.3 is 9.64 Å². The molecule has 2 heterocycles. The van der Waals surface area contributed by atoms with Gasteiger partial charge in [-0.1, -0.05) is 42.5 Å². The number of ether oxygens (including phenoxy) is 1. The van der Waals surface area contributed by atoms with E-state index in [0.717, 1.165) is 46.7 Å². The molecule has 5 heteroatoms. The van der Waals surface area contributed by atoms with Crippen molar-refractivity contribution in [3.05, 3.63) is 72.9 Å². The third kappa shape index (κ3) is 3.75. The number of hydrogen-bond donors (Lipinski definition) is 0. The van der Waals surface area contributed by atoms with E-state index in [4.69, 9.17) is 9.84 Å². The summed E-state index contributed by atoms with van der Waals surface area (Å²) in [4.78, 5) is 6.76. The van der Waals surface area contributed by atoms with Gasteiger partial charge in [0.1, 0.15) is 17.1 Å². The lowest BCUT2D eigenvalue weighted by atomic mass is 10.1. The maximum atomic E-state index is 6.09. The van der Waals surface area contributed by atoms with Gasteiger partial charge in [-0.3, -0.25) is 0 Å². The molecule has 0 atom stereocenters. The van der Waals surface area contributed by atoms with Crippen molar-refractivity contribution in [2.75, 3.05) is 27.2 Å². The van der Waals surface area contributed by atoms with Crippen LogP contribution in [0.3, 0.4) is 0 Å². The number of fused-ring (bicyclic) bond motifs is 1. The lowest BCUT2D eigenvalue weighted by Gasteiger charge is -2.13. The summed E-state index contributed by atoms with van der Waals surface area (Å²) in [6.45, 7) is 1.65. The zero-order valence-corrected chi connectivity index (χ0v) is 16.2. The summed E-state index contributed by atoms with van der Waals surface area (Å²) in [5.41, 5.74) is 3.72. The highest BCUT2D eigenvalue weighted by Crippen LogP contribution is 2.31. The molecule has 0 radical (unpaired) electrons. The van der Waals surface area contributed by atoms with E-state index in [1.54, 1.807) is 6.20 Å². The van der Waals surface area contributed by atoms with Gasteiger partial charge in [-0.2, -0.15) is 5.10 Å². The molecule has 0 fully saturated rings. The average molecular weight is 372 g/mol. The van der Waals surface area contributed by atoms with E-state index in [-0.39, 0.29) is 0 Å². The molecule has 0 amide bonds. The number of rotatable bonds is 7. The van der Waals surface area contributed by atoms with E-state index in [2.05, 4.69) is 42.2 Å². The van der Waals surface area contributed by atoms with Crippen molar-refractivity contribution in [2.45, 2.75) is 6.42 Å². The summed E-state index contributed by atoms with van der Waals surface area (Å²) >= 11 is 0. The summed E-state index contributed by atoms with van der Waals surface area (Å²) in [6.07, 6.45) is 2.77. The highest BCUT2D eigenvalue weighted by atomic mass is 16.5. The van der Waals surface area contributed by atoms with Crippen LogP contribution in [0, 0.1) is 0 Å². The summed E-state index contributed by atoms with van der Waals surface area (Å²) in [5.74, 6) is 0.816. The molecule has 28 heavy (non-hydrogen) atoms. The molecule has 0 spiro atoms. The summed E-state index contributed by atoms with van der Waals surface area (Å²) in [7, 11) is 4.14. The first-order valence-electron chi connectivity index (χ1n) is 9.50. The van der Waals surface area contributed by atoms with E-state index < -0.39 is 0 Å². The first-order chi connectivity index (χ1) is 13.7. The number of benzene rings is 2. The second-order valence-electron chi connectivity index (χ2n) is 6.97.